The molecule has 0 aliphatic carbocycles. The molecule has 0 heterocycles. The number of unbranched alkanes of at least 4 members (excludes halogenated alkanes) is 33. The summed E-state index contributed by atoms with van der Waals surface area (Å²) in [6.07, 6.45) is 51.8. The van der Waals surface area contributed by atoms with Crippen molar-refractivity contribution in [1.82, 2.24) is 5.32 Å². The highest BCUT2D eigenvalue weighted by Crippen LogP contribution is 2.16. The maximum Gasteiger partial charge on any atom is 0.305 e. The summed E-state index contributed by atoms with van der Waals surface area (Å²) in [5.41, 5.74) is 0. The lowest BCUT2D eigenvalue weighted by atomic mass is 10.0. The zero-order valence-corrected chi connectivity index (χ0v) is 37.6. The van der Waals surface area contributed by atoms with Gasteiger partial charge in [0.2, 0.25) is 5.91 Å². The zero-order chi connectivity index (χ0) is 40.8. The Hall–Kier alpha value is -1.40. The van der Waals surface area contributed by atoms with Crippen LogP contribution in [-0.2, 0) is 14.3 Å². The van der Waals surface area contributed by atoms with E-state index in [9.17, 15) is 19.8 Å². The van der Waals surface area contributed by atoms with Gasteiger partial charge in [0.1, 0.15) is 0 Å². The molecule has 2 atom stereocenters. The number of ether oxygens (including phenoxy) is 1. The summed E-state index contributed by atoms with van der Waals surface area (Å²) in [5, 5.41) is 23.0. The number of hydrogen-bond donors (Lipinski definition) is 3. The summed E-state index contributed by atoms with van der Waals surface area (Å²) < 4.78 is 5.46. The largest absolute Gasteiger partial charge is 0.466 e. The van der Waals surface area contributed by atoms with Gasteiger partial charge in [-0.15, -0.1) is 0 Å². The summed E-state index contributed by atoms with van der Waals surface area (Å²) >= 11 is 0. The second kappa shape index (κ2) is 46.3. The molecule has 0 aliphatic rings. The Morgan fingerprint density at radius 3 is 1.27 bits per heavy atom. The van der Waals surface area contributed by atoms with Gasteiger partial charge in [-0.05, 0) is 51.4 Å². The quantitative estimate of drug-likeness (QED) is 0.0324. The number of nitrogens with one attached hydrogen (secondary N) is 1. The fourth-order valence-electron chi connectivity index (χ4n) is 7.69. The molecule has 0 fully saturated rings. The Bertz CT molecular complexity index is 832. The molecule has 0 aromatic rings. The Morgan fingerprint density at radius 1 is 0.482 bits per heavy atom. The molecule has 3 N–H and O–H groups in total. The minimum absolute atomic E-state index is 0.00565. The van der Waals surface area contributed by atoms with Crippen LogP contribution in [0.3, 0.4) is 0 Å². The number of carbonyl (C=O) groups excluding carboxylic acids is 2. The SMILES string of the molecule is CCCCCCC/C=C\CCCCCCCC(=O)OCCCCCCCCCCCCCCCCCCC(=O)NC(CO)C(O)CCCCCCCCCCC. The summed E-state index contributed by atoms with van der Waals surface area (Å²) in [6, 6.07) is -0.543. The van der Waals surface area contributed by atoms with Gasteiger partial charge < -0.3 is 20.3 Å². The van der Waals surface area contributed by atoms with Crippen LogP contribution in [-0.4, -0.2) is 47.4 Å². The third-order valence-corrected chi connectivity index (χ3v) is 11.6. The third-order valence-electron chi connectivity index (χ3n) is 11.6. The summed E-state index contributed by atoms with van der Waals surface area (Å²) in [4.78, 5) is 24.4. The summed E-state index contributed by atoms with van der Waals surface area (Å²) in [6.45, 7) is 4.90. The molecular formula is C50H97NO5. The number of esters is 1. The van der Waals surface area contributed by atoms with Crippen LogP contribution in [0.2, 0.25) is 0 Å². The van der Waals surface area contributed by atoms with Gasteiger partial charge in [-0.2, -0.15) is 0 Å². The molecule has 0 aliphatic heterocycles. The molecule has 332 valence electrons. The van der Waals surface area contributed by atoms with Crippen LogP contribution in [0.1, 0.15) is 271 Å². The molecule has 0 aromatic heterocycles. The van der Waals surface area contributed by atoms with Crippen molar-refractivity contribution in [3.05, 3.63) is 12.2 Å². The molecule has 0 rings (SSSR count). The van der Waals surface area contributed by atoms with Gasteiger partial charge in [0.15, 0.2) is 0 Å². The molecule has 0 aromatic carbocycles. The van der Waals surface area contributed by atoms with Crippen LogP contribution in [0.15, 0.2) is 12.2 Å². The van der Waals surface area contributed by atoms with Gasteiger partial charge in [-0.3, -0.25) is 9.59 Å². The van der Waals surface area contributed by atoms with Crippen LogP contribution in [0, 0.1) is 0 Å². The van der Waals surface area contributed by atoms with Gasteiger partial charge in [0.05, 0.1) is 25.4 Å². The van der Waals surface area contributed by atoms with Crippen molar-refractivity contribution in [3.8, 4) is 0 Å². The number of carbonyl (C=O) groups is 2. The monoisotopic (exact) mass is 792 g/mol. The maximum absolute atomic E-state index is 12.4. The minimum atomic E-state index is -0.665. The van der Waals surface area contributed by atoms with Crippen LogP contribution in [0.25, 0.3) is 0 Å². The van der Waals surface area contributed by atoms with Crippen molar-refractivity contribution in [2.45, 2.75) is 283 Å². The smallest absolute Gasteiger partial charge is 0.305 e. The first kappa shape index (κ1) is 54.6. The lowest BCUT2D eigenvalue weighted by molar-refractivity contribution is -0.143. The van der Waals surface area contributed by atoms with E-state index in [-0.39, 0.29) is 18.5 Å². The fraction of sp³-hybridized carbons (Fsp3) is 0.920. The predicted molar refractivity (Wildman–Crippen MR) is 241 cm³/mol. The zero-order valence-electron chi connectivity index (χ0n) is 37.6. The van der Waals surface area contributed by atoms with E-state index in [2.05, 4.69) is 31.3 Å². The first-order valence-corrected chi connectivity index (χ1v) is 24.9. The lowest BCUT2D eigenvalue weighted by Gasteiger charge is -2.22. The second-order valence-corrected chi connectivity index (χ2v) is 17.1. The van der Waals surface area contributed by atoms with Crippen molar-refractivity contribution in [3.63, 3.8) is 0 Å². The molecule has 0 spiro atoms. The van der Waals surface area contributed by atoms with E-state index in [0.29, 0.717) is 25.9 Å². The first-order chi connectivity index (χ1) is 27.5. The van der Waals surface area contributed by atoms with Gasteiger partial charge in [-0.25, -0.2) is 0 Å². The van der Waals surface area contributed by atoms with E-state index in [1.54, 1.807) is 0 Å². The molecule has 0 saturated carbocycles. The van der Waals surface area contributed by atoms with Crippen molar-refractivity contribution < 1.29 is 24.5 Å². The molecule has 1 amide bonds. The Labute approximate surface area is 349 Å². The van der Waals surface area contributed by atoms with Gasteiger partial charge in [0, 0.05) is 12.8 Å². The number of amides is 1. The summed E-state index contributed by atoms with van der Waals surface area (Å²) in [5.74, 6) is -0.0500. The average molecular weight is 792 g/mol. The van der Waals surface area contributed by atoms with Crippen molar-refractivity contribution in [1.29, 1.82) is 0 Å². The van der Waals surface area contributed by atoms with Crippen LogP contribution in [0.4, 0.5) is 0 Å². The Balaban J connectivity index is 3.40. The highest BCUT2D eigenvalue weighted by atomic mass is 16.5. The van der Waals surface area contributed by atoms with Gasteiger partial charge in [-0.1, -0.05) is 219 Å². The van der Waals surface area contributed by atoms with Crippen LogP contribution in [0.5, 0.6) is 0 Å². The van der Waals surface area contributed by atoms with E-state index in [1.807, 2.05) is 0 Å². The predicted octanol–water partition coefficient (Wildman–Crippen LogP) is 14.6. The van der Waals surface area contributed by atoms with E-state index >= 15 is 0 Å². The van der Waals surface area contributed by atoms with E-state index in [1.165, 1.54) is 193 Å². The van der Waals surface area contributed by atoms with E-state index in [0.717, 1.165) is 44.9 Å². The number of hydrogen-bond acceptors (Lipinski definition) is 5. The van der Waals surface area contributed by atoms with Crippen LogP contribution >= 0.6 is 0 Å². The molecule has 56 heavy (non-hydrogen) atoms. The molecule has 6 nitrogen and oxygen atoms in total. The number of aliphatic hydroxyl groups is 2. The maximum atomic E-state index is 12.4. The van der Waals surface area contributed by atoms with Crippen molar-refractivity contribution in [2.75, 3.05) is 13.2 Å². The summed E-state index contributed by atoms with van der Waals surface area (Å²) in [7, 11) is 0. The highest BCUT2D eigenvalue weighted by molar-refractivity contribution is 5.76. The Kier molecular flexibility index (Phi) is 45.1. The average Bonchev–Trinajstić information content (AvgIpc) is 3.20. The number of allylic oxidation sites excluding steroid dienone is 2. The lowest BCUT2D eigenvalue weighted by Crippen LogP contribution is -2.45. The molecule has 0 saturated heterocycles. The minimum Gasteiger partial charge on any atom is -0.466 e. The fourth-order valence-corrected chi connectivity index (χ4v) is 7.69. The normalized spacial score (nSPS) is 12.7. The topological polar surface area (TPSA) is 95.9 Å². The van der Waals surface area contributed by atoms with Gasteiger partial charge >= 0.3 is 5.97 Å². The molecule has 6 heteroatoms. The van der Waals surface area contributed by atoms with Gasteiger partial charge in [0.25, 0.3) is 0 Å². The van der Waals surface area contributed by atoms with Crippen LogP contribution < -0.4 is 5.32 Å². The molecule has 2 unspecified atom stereocenters. The number of rotatable bonds is 46. The molecular weight excluding hydrogens is 695 g/mol. The van der Waals surface area contributed by atoms with Crippen molar-refractivity contribution >= 4 is 11.9 Å². The molecule has 0 radical (unpaired) electrons. The van der Waals surface area contributed by atoms with E-state index in [4.69, 9.17) is 4.74 Å². The second-order valence-electron chi connectivity index (χ2n) is 17.1. The highest BCUT2D eigenvalue weighted by Gasteiger charge is 2.20. The first-order valence-electron chi connectivity index (χ1n) is 24.9. The number of aliphatic hydroxyl groups excluding tert-OH is 2. The standard InChI is InChI=1S/C50H97NO5/c1-3-5-7-9-11-13-14-15-21-24-28-32-36-40-44-50(55)56-45-41-37-33-29-25-22-19-17-16-18-20-23-27-31-35-39-43-49(54)51-47(46-52)48(53)42-38-34-30-26-12-10-8-6-4-2/h14-15,47-48,52-53H,3-13,16-46H2,1-2H3,(H,51,54)/b15-14-. The van der Waals surface area contributed by atoms with Crippen molar-refractivity contribution in [2.24, 2.45) is 0 Å². The van der Waals surface area contributed by atoms with E-state index < -0.39 is 12.1 Å². The molecule has 0 bridgehead atoms. The Morgan fingerprint density at radius 2 is 0.839 bits per heavy atom. The third kappa shape index (κ3) is 42.2.